The van der Waals surface area contributed by atoms with Crippen molar-refractivity contribution in [2.45, 2.75) is 59.6 Å². The molecule has 1 unspecified atom stereocenters. The average Bonchev–Trinajstić information content (AvgIpc) is 2.42. The molecule has 0 aromatic carbocycles. The van der Waals surface area contributed by atoms with E-state index in [1.165, 1.54) is 6.42 Å². The molecule has 1 fully saturated rings. The quantitative estimate of drug-likeness (QED) is 0.818. The van der Waals surface area contributed by atoms with Crippen LogP contribution in [0.1, 0.15) is 48.0 Å². The zero-order chi connectivity index (χ0) is 16.8. The van der Waals surface area contributed by atoms with Gasteiger partial charge in [0.25, 0.3) is 0 Å². The molecule has 1 amide bonds. The van der Waals surface area contributed by atoms with Gasteiger partial charge in [0.1, 0.15) is 5.60 Å². The minimum atomic E-state index is -0.413. The molecule has 0 aromatic rings. The summed E-state index contributed by atoms with van der Waals surface area (Å²) in [6, 6.07) is 0.600. The standard InChI is InChI=1S/C17H35N3O2/c1-7-15(14(2)3)18-8-9-19-10-12-20(13-11-19)16(21)22-17(4,5)6/h14-15,18H,7-13H2,1-6H3. The molecular weight excluding hydrogens is 278 g/mol. The molecule has 1 rings (SSSR count). The highest BCUT2D eigenvalue weighted by atomic mass is 16.6. The van der Waals surface area contributed by atoms with Crippen LogP contribution in [0.2, 0.25) is 0 Å². The first-order valence-corrected chi connectivity index (χ1v) is 8.66. The van der Waals surface area contributed by atoms with Gasteiger partial charge in [-0.15, -0.1) is 0 Å². The second kappa shape index (κ2) is 8.73. The maximum Gasteiger partial charge on any atom is 0.410 e. The monoisotopic (exact) mass is 313 g/mol. The Morgan fingerprint density at radius 1 is 1.18 bits per heavy atom. The highest BCUT2D eigenvalue weighted by molar-refractivity contribution is 5.68. The number of carbonyl (C=O) groups is 1. The Morgan fingerprint density at radius 3 is 2.23 bits per heavy atom. The van der Waals surface area contributed by atoms with E-state index in [1.54, 1.807) is 0 Å². The van der Waals surface area contributed by atoms with Crippen molar-refractivity contribution in [3.63, 3.8) is 0 Å². The first-order chi connectivity index (χ1) is 10.2. The van der Waals surface area contributed by atoms with Gasteiger partial charge in [0.2, 0.25) is 0 Å². The van der Waals surface area contributed by atoms with Crippen LogP contribution in [0.4, 0.5) is 4.79 Å². The smallest absolute Gasteiger partial charge is 0.410 e. The minimum absolute atomic E-state index is 0.184. The van der Waals surface area contributed by atoms with Gasteiger partial charge in [0.15, 0.2) is 0 Å². The predicted octanol–water partition coefficient (Wildman–Crippen LogP) is 2.56. The Labute approximate surface area is 136 Å². The van der Waals surface area contributed by atoms with Crippen LogP contribution in [-0.4, -0.2) is 66.8 Å². The molecule has 5 heteroatoms. The van der Waals surface area contributed by atoms with Crippen LogP contribution >= 0.6 is 0 Å². The summed E-state index contributed by atoms with van der Waals surface area (Å²) < 4.78 is 5.42. The molecule has 1 saturated heterocycles. The Hall–Kier alpha value is -0.810. The molecule has 0 aliphatic carbocycles. The zero-order valence-corrected chi connectivity index (χ0v) is 15.3. The molecule has 0 aromatic heterocycles. The van der Waals surface area contributed by atoms with E-state index in [1.807, 2.05) is 25.7 Å². The van der Waals surface area contributed by atoms with Crippen molar-refractivity contribution in [3.05, 3.63) is 0 Å². The van der Waals surface area contributed by atoms with E-state index in [2.05, 4.69) is 31.0 Å². The summed E-state index contributed by atoms with van der Waals surface area (Å²) >= 11 is 0. The van der Waals surface area contributed by atoms with Gasteiger partial charge in [-0.1, -0.05) is 20.8 Å². The third-order valence-corrected chi connectivity index (χ3v) is 4.10. The Balaban J connectivity index is 2.24. The van der Waals surface area contributed by atoms with Crippen molar-refractivity contribution >= 4 is 6.09 Å². The summed E-state index contributed by atoms with van der Waals surface area (Å²) in [6.45, 7) is 17.9. The van der Waals surface area contributed by atoms with Crippen LogP contribution < -0.4 is 5.32 Å². The molecule has 0 saturated carbocycles. The Kier molecular flexibility index (Phi) is 7.63. The number of carbonyl (C=O) groups excluding carboxylic acids is 1. The average molecular weight is 313 g/mol. The van der Waals surface area contributed by atoms with Gasteiger partial charge in [0, 0.05) is 45.3 Å². The van der Waals surface area contributed by atoms with E-state index in [0.717, 1.165) is 39.3 Å². The fraction of sp³-hybridized carbons (Fsp3) is 0.941. The predicted molar refractivity (Wildman–Crippen MR) is 91.2 cm³/mol. The van der Waals surface area contributed by atoms with Crippen LogP contribution in [0, 0.1) is 5.92 Å². The van der Waals surface area contributed by atoms with E-state index in [4.69, 9.17) is 4.74 Å². The van der Waals surface area contributed by atoms with Gasteiger partial charge in [-0.25, -0.2) is 4.79 Å². The molecule has 0 spiro atoms. The fourth-order valence-corrected chi connectivity index (χ4v) is 2.74. The summed E-state index contributed by atoms with van der Waals surface area (Å²) in [7, 11) is 0. The molecule has 1 aliphatic heterocycles. The van der Waals surface area contributed by atoms with Crippen molar-refractivity contribution in [2.75, 3.05) is 39.3 Å². The highest BCUT2D eigenvalue weighted by Crippen LogP contribution is 2.11. The summed E-state index contributed by atoms with van der Waals surface area (Å²) in [5.41, 5.74) is -0.413. The van der Waals surface area contributed by atoms with Gasteiger partial charge in [-0.2, -0.15) is 0 Å². The van der Waals surface area contributed by atoms with Gasteiger partial charge >= 0.3 is 6.09 Å². The third kappa shape index (κ3) is 6.97. The van der Waals surface area contributed by atoms with Crippen LogP contribution in [0.15, 0.2) is 0 Å². The van der Waals surface area contributed by atoms with Crippen LogP contribution in [0.5, 0.6) is 0 Å². The number of nitrogens with one attached hydrogen (secondary N) is 1. The van der Waals surface area contributed by atoms with Crippen LogP contribution in [-0.2, 0) is 4.74 Å². The number of amides is 1. The lowest BCUT2D eigenvalue weighted by atomic mass is 10.0. The molecule has 130 valence electrons. The number of hydrogen-bond acceptors (Lipinski definition) is 4. The van der Waals surface area contributed by atoms with E-state index in [0.29, 0.717) is 12.0 Å². The number of hydrogen-bond donors (Lipinski definition) is 1. The van der Waals surface area contributed by atoms with Crippen molar-refractivity contribution in [3.8, 4) is 0 Å². The minimum Gasteiger partial charge on any atom is -0.444 e. The van der Waals surface area contributed by atoms with Gasteiger partial charge in [-0.05, 0) is 33.1 Å². The van der Waals surface area contributed by atoms with Crippen molar-refractivity contribution < 1.29 is 9.53 Å². The van der Waals surface area contributed by atoms with Gasteiger partial charge in [-0.3, -0.25) is 4.90 Å². The van der Waals surface area contributed by atoms with Crippen LogP contribution in [0.3, 0.4) is 0 Å². The van der Waals surface area contributed by atoms with E-state index >= 15 is 0 Å². The van der Waals surface area contributed by atoms with E-state index in [-0.39, 0.29) is 6.09 Å². The normalized spacial score (nSPS) is 18.6. The number of ether oxygens (including phenoxy) is 1. The molecule has 1 aliphatic rings. The first kappa shape index (κ1) is 19.2. The summed E-state index contributed by atoms with van der Waals surface area (Å²) in [6.07, 6.45) is 0.987. The number of nitrogens with zero attached hydrogens (tertiary/aromatic N) is 2. The van der Waals surface area contributed by atoms with Gasteiger partial charge in [0.05, 0.1) is 0 Å². The van der Waals surface area contributed by atoms with Crippen LogP contribution in [0.25, 0.3) is 0 Å². The molecule has 1 heterocycles. The van der Waals surface area contributed by atoms with E-state index < -0.39 is 5.60 Å². The largest absolute Gasteiger partial charge is 0.444 e. The number of rotatable bonds is 6. The van der Waals surface area contributed by atoms with E-state index in [9.17, 15) is 4.79 Å². The molecule has 1 atom stereocenters. The first-order valence-electron chi connectivity index (χ1n) is 8.66. The molecular formula is C17H35N3O2. The van der Waals surface area contributed by atoms with Crippen molar-refractivity contribution in [1.82, 2.24) is 15.1 Å². The molecule has 1 N–H and O–H groups in total. The highest BCUT2D eigenvalue weighted by Gasteiger charge is 2.25. The maximum absolute atomic E-state index is 12.0. The molecule has 22 heavy (non-hydrogen) atoms. The number of piperazine rings is 1. The lowest BCUT2D eigenvalue weighted by Crippen LogP contribution is -2.51. The van der Waals surface area contributed by atoms with Crippen molar-refractivity contribution in [1.29, 1.82) is 0 Å². The molecule has 0 radical (unpaired) electrons. The summed E-state index contributed by atoms with van der Waals surface area (Å²) in [5.74, 6) is 0.675. The maximum atomic E-state index is 12.0. The molecule has 5 nitrogen and oxygen atoms in total. The third-order valence-electron chi connectivity index (χ3n) is 4.10. The second-order valence-corrected chi connectivity index (χ2v) is 7.52. The molecule has 0 bridgehead atoms. The topological polar surface area (TPSA) is 44.8 Å². The van der Waals surface area contributed by atoms with Crippen molar-refractivity contribution in [2.24, 2.45) is 5.92 Å². The Bertz CT molecular complexity index is 331. The second-order valence-electron chi connectivity index (χ2n) is 7.52. The summed E-state index contributed by atoms with van der Waals surface area (Å²) in [5, 5.41) is 3.63. The SMILES string of the molecule is CCC(NCCN1CCN(C(=O)OC(C)(C)C)CC1)C(C)C. The summed E-state index contributed by atoms with van der Waals surface area (Å²) in [4.78, 5) is 16.2. The fourth-order valence-electron chi connectivity index (χ4n) is 2.74. The Morgan fingerprint density at radius 2 is 1.77 bits per heavy atom. The lowest BCUT2D eigenvalue weighted by Gasteiger charge is -2.36. The zero-order valence-electron chi connectivity index (χ0n) is 15.3. The van der Waals surface area contributed by atoms with Gasteiger partial charge < -0.3 is 15.0 Å². The lowest BCUT2D eigenvalue weighted by molar-refractivity contribution is 0.0145.